The van der Waals surface area contributed by atoms with Gasteiger partial charge in [0.2, 0.25) is 11.8 Å². The van der Waals surface area contributed by atoms with Crippen LogP contribution in [0.4, 0.5) is 0 Å². The van der Waals surface area contributed by atoms with E-state index in [-0.39, 0.29) is 0 Å². The van der Waals surface area contributed by atoms with Crippen LogP contribution in [0.3, 0.4) is 0 Å². The SMILES string of the molecule is C=Cc1nnc(C(C)C)o1. The molecule has 0 saturated carbocycles. The molecule has 1 aromatic heterocycles. The Hall–Kier alpha value is -1.12. The van der Waals surface area contributed by atoms with Crippen LogP contribution in [-0.2, 0) is 0 Å². The number of nitrogens with zero attached hydrogens (tertiary/aromatic N) is 2. The lowest BCUT2D eigenvalue weighted by molar-refractivity contribution is 0.463. The van der Waals surface area contributed by atoms with Gasteiger partial charge >= 0.3 is 0 Å². The summed E-state index contributed by atoms with van der Waals surface area (Å²) in [7, 11) is 0. The third-order valence-electron chi connectivity index (χ3n) is 1.12. The Labute approximate surface area is 59.8 Å². The zero-order chi connectivity index (χ0) is 7.56. The van der Waals surface area contributed by atoms with E-state index in [1.807, 2.05) is 13.8 Å². The fourth-order valence-electron chi connectivity index (χ4n) is 0.562. The molecule has 10 heavy (non-hydrogen) atoms. The zero-order valence-electron chi connectivity index (χ0n) is 6.16. The van der Waals surface area contributed by atoms with Crippen LogP contribution in [0.25, 0.3) is 6.08 Å². The summed E-state index contributed by atoms with van der Waals surface area (Å²) >= 11 is 0. The fourth-order valence-corrected chi connectivity index (χ4v) is 0.562. The van der Waals surface area contributed by atoms with E-state index in [4.69, 9.17) is 4.42 Å². The molecule has 0 aliphatic rings. The summed E-state index contributed by atoms with van der Waals surface area (Å²) in [5.74, 6) is 1.44. The zero-order valence-corrected chi connectivity index (χ0v) is 6.16. The van der Waals surface area contributed by atoms with Crippen molar-refractivity contribution in [2.24, 2.45) is 0 Å². The molecule has 3 heteroatoms. The van der Waals surface area contributed by atoms with Gasteiger partial charge < -0.3 is 4.42 Å². The first-order valence-electron chi connectivity index (χ1n) is 3.20. The molecule has 0 atom stereocenters. The third kappa shape index (κ3) is 1.23. The molecular weight excluding hydrogens is 128 g/mol. The Balaban J connectivity index is 2.88. The molecule has 0 aliphatic heterocycles. The lowest BCUT2D eigenvalue weighted by atomic mass is 10.2. The van der Waals surface area contributed by atoms with Crippen molar-refractivity contribution in [3.8, 4) is 0 Å². The van der Waals surface area contributed by atoms with Gasteiger partial charge in [-0.1, -0.05) is 20.4 Å². The van der Waals surface area contributed by atoms with Crippen LogP contribution in [0.5, 0.6) is 0 Å². The average molecular weight is 138 g/mol. The van der Waals surface area contributed by atoms with E-state index in [1.54, 1.807) is 6.08 Å². The predicted octanol–water partition coefficient (Wildman–Crippen LogP) is 1.84. The van der Waals surface area contributed by atoms with E-state index in [0.717, 1.165) is 0 Å². The first-order valence-corrected chi connectivity index (χ1v) is 3.20. The highest BCUT2D eigenvalue weighted by Crippen LogP contribution is 2.11. The van der Waals surface area contributed by atoms with Crippen molar-refractivity contribution in [2.45, 2.75) is 19.8 Å². The minimum atomic E-state index is 0.293. The van der Waals surface area contributed by atoms with Crippen LogP contribution < -0.4 is 0 Å². The molecule has 0 N–H and O–H groups in total. The third-order valence-corrected chi connectivity index (χ3v) is 1.12. The normalized spacial score (nSPS) is 10.3. The highest BCUT2D eigenvalue weighted by Gasteiger charge is 2.05. The van der Waals surface area contributed by atoms with Crippen LogP contribution in [0.2, 0.25) is 0 Å². The fraction of sp³-hybridized carbons (Fsp3) is 0.429. The van der Waals surface area contributed by atoms with Gasteiger partial charge in [-0.2, -0.15) is 0 Å². The Bertz CT molecular complexity index is 227. The second-order valence-corrected chi connectivity index (χ2v) is 2.34. The summed E-state index contributed by atoms with van der Waals surface area (Å²) in [6.45, 7) is 7.51. The minimum Gasteiger partial charge on any atom is -0.421 e. The van der Waals surface area contributed by atoms with Crippen molar-refractivity contribution in [1.29, 1.82) is 0 Å². The highest BCUT2D eigenvalue weighted by atomic mass is 16.4. The van der Waals surface area contributed by atoms with Crippen LogP contribution in [-0.4, -0.2) is 10.2 Å². The lowest BCUT2D eigenvalue weighted by Gasteiger charge is -1.92. The Kier molecular flexibility index (Phi) is 1.85. The van der Waals surface area contributed by atoms with Crippen molar-refractivity contribution in [3.05, 3.63) is 18.4 Å². The van der Waals surface area contributed by atoms with E-state index in [0.29, 0.717) is 17.7 Å². The molecule has 54 valence electrons. The minimum absolute atomic E-state index is 0.293. The standard InChI is InChI=1S/C7H10N2O/c1-4-6-8-9-7(10-6)5(2)3/h4-5H,1H2,2-3H3. The Morgan fingerprint density at radius 3 is 2.50 bits per heavy atom. The summed E-state index contributed by atoms with van der Waals surface area (Å²) in [6.07, 6.45) is 1.54. The van der Waals surface area contributed by atoms with Crippen LogP contribution in [0.15, 0.2) is 11.0 Å². The summed E-state index contributed by atoms with van der Waals surface area (Å²) in [4.78, 5) is 0. The van der Waals surface area contributed by atoms with Gasteiger partial charge in [0, 0.05) is 5.92 Å². The molecule has 0 radical (unpaired) electrons. The molecule has 0 fully saturated rings. The summed E-state index contributed by atoms with van der Waals surface area (Å²) < 4.78 is 5.15. The number of rotatable bonds is 2. The largest absolute Gasteiger partial charge is 0.421 e. The summed E-state index contributed by atoms with van der Waals surface area (Å²) in [5, 5.41) is 7.52. The van der Waals surface area contributed by atoms with E-state index >= 15 is 0 Å². The molecule has 1 aromatic rings. The quantitative estimate of drug-likeness (QED) is 0.625. The molecule has 0 unspecified atom stereocenters. The van der Waals surface area contributed by atoms with Gasteiger partial charge in [0.05, 0.1) is 0 Å². The van der Waals surface area contributed by atoms with Crippen molar-refractivity contribution in [2.75, 3.05) is 0 Å². The monoisotopic (exact) mass is 138 g/mol. The van der Waals surface area contributed by atoms with Crippen molar-refractivity contribution in [1.82, 2.24) is 10.2 Å². The van der Waals surface area contributed by atoms with E-state index in [9.17, 15) is 0 Å². The predicted molar refractivity (Wildman–Crippen MR) is 38.5 cm³/mol. The van der Waals surface area contributed by atoms with Gasteiger partial charge in [0.15, 0.2) is 0 Å². The average Bonchev–Trinajstić information content (AvgIpc) is 2.34. The number of hydrogen-bond donors (Lipinski definition) is 0. The number of hydrogen-bond acceptors (Lipinski definition) is 3. The molecule has 0 amide bonds. The van der Waals surface area contributed by atoms with Gasteiger partial charge in [-0.05, 0) is 6.08 Å². The maximum atomic E-state index is 5.15. The van der Waals surface area contributed by atoms with E-state index in [2.05, 4.69) is 16.8 Å². The van der Waals surface area contributed by atoms with Gasteiger partial charge in [-0.25, -0.2) is 0 Å². The first-order chi connectivity index (χ1) is 4.74. The van der Waals surface area contributed by atoms with Gasteiger partial charge in [-0.15, -0.1) is 10.2 Å². The van der Waals surface area contributed by atoms with Crippen molar-refractivity contribution >= 4 is 6.08 Å². The molecule has 0 aliphatic carbocycles. The molecule has 0 bridgehead atoms. The molecule has 0 saturated heterocycles. The molecule has 1 rings (SSSR count). The molecular formula is C7H10N2O. The topological polar surface area (TPSA) is 38.9 Å². The highest BCUT2D eigenvalue weighted by molar-refractivity contribution is 5.32. The smallest absolute Gasteiger partial charge is 0.239 e. The molecule has 0 aromatic carbocycles. The van der Waals surface area contributed by atoms with Gasteiger partial charge in [0.1, 0.15) is 0 Å². The Morgan fingerprint density at radius 2 is 2.20 bits per heavy atom. The first kappa shape index (κ1) is 6.99. The van der Waals surface area contributed by atoms with Gasteiger partial charge in [-0.3, -0.25) is 0 Å². The van der Waals surface area contributed by atoms with Crippen LogP contribution in [0, 0.1) is 0 Å². The van der Waals surface area contributed by atoms with E-state index in [1.165, 1.54) is 0 Å². The second-order valence-electron chi connectivity index (χ2n) is 2.34. The van der Waals surface area contributed by atoms with E-state index < -0.39 is 0 Å². The molecule has 3 nitrogen and oxygen atoms in total. The van der Waals surface area contributed by atoms with Gasteiger partial charge in [0.25, 0.3) is 0 Å². The molecule has 0 spiro atoms. The summed E-state index contributed by atoms with van der Waals surface area (Å²) in [5.41, 5.74) is 0. The van der Waals surface area contributed by atoms with Crippen molar-refractivity contribution < 1.29 is 4.42 Å². The maximum Gasteiger partial charge on any atom is 0.239 e. The van der Waals surface area contributed by atoms with Crippen LogP contribution >= 0.6 is 0 Å². The summed E-state index contributed by atoms with van der Waals surface area (Å²) in [6, 6.07) is 0. The van der Waals surface area contributed by atoms with Crippen molar-refractivity contribution in [3.63, 3.8) is 0 Å². The number of aromatic nitrogens is 2. The second kappa shape index (κ2) is 2.64. The molecule has 1 heterocycles. The maximum absolute atomic E-state index is 5.15. The lowest BCUT2D eigenvalue weighted by Crippen LogP contribution is -1.85. The van der Waals surface area contributed by atoms with Crippen LogP contribution in [0.1, 0.15) is 31.5 Å². The Morgan fingerprint density at radius 1 is 1.50 bits per heavy atom.